The molecule has 4 nitrogen and oxygen atoms in total. The van der Waals surface area contributed by atoms with Crippen molar-refractivity contribution in [3.8, 4) is 0 Å². The van der Waals surface area contributed by atoms with Crippen molar-refractivity contribution in [2.45, 2.75) is 58.5 Å². The van der Waals surface area contributed by atoms with Gasteiger partial charge in [0.1, 0.15) is 5.60 Å². The van der Waals surface area contributed by atoms with E-state index in [9.17, 15) is 9.59 Å². The second-order valence-corrected chi connectivity index (χ2v) is 4.23. The summed E-state index contributed by atoms with van der Waals surface area (Å²) in [6, 6.07) is 0. The van der Waals surface area contributed by atoms with Crippen molar-refractivity contribution >= 4 is 11.9 Å². The molecule has 88 valence electrons. The summed E-state index contributed by atoms with van der Waals surface area (Å²) in [5.41, 5.74) is -0.481. The molecule has 1 N–H and O–H groups in total. The van der Waals surface area contributed by atoms with Crippen molar-refractivity contribution in [1.82, 2.24) is 0 Å². The Labute approximate surface area is 90.6 Å². The topological polar surface area (TPSA) is 63.6 Å². The van der Waals surface area contributed by atoms with Gasteiger partial charge in [0.15, 0.2) is 0 Å². The highest BCUT2D eigenvalue weighted by atomic mass is 16.6. The molecule has 0 saturated carbocycles. The summed E-state index contributed by atoms with van der Waals surface area (Å²) in [5.74, 6) is -1.41. The molecule has 0 radical (unpaired) electrons. The number of unbranched alkanes of at least 4 members (excludes halogenated alkanes) is 1. The predicted octanol–water partition coefficient (Wildman–Crippen LogP) is 2.36. The maximum absolute atomic E-state index is 11.2. The summed E-state index contributed by atoms with van der Waals surface area (Å²) >= 11 is 0. The van der Waals surface area contributed by atoms with Gasteiger partial charge in [-0.15, -0.1) is 0 Å². The van der Waals surface area contributed by atoms with Crippen molar-refractivity contribution < 1.29 is 19.4 Å². The zero-order chi connectivity index (χ0) is 11.9. The maximum Gasteiger partial charge on any atom is 0.306 e. The lowest BCUT2D eigenvalue weighted by Gasteiger charge is -2.24. The maximum atomic E-state index is 11.2. The Balaban J connectivity index is 3.87. The second kappa shape index (κ2) is 6.43. The first kappa shape index (κ1) is 13.9. The number of rotatable bonds is 7. The number of hydrogen-bond donors (Lipinski definition) is 1. The van der Waals surface area contributed by atoms with Gasteiger partial charge in [0, 0.05) is 0 Å². The molecule has 0 rings (SSSR count). The number of ether oxygens (including phenoxy) is 1. The van der Waals surface area contributed by atoms with Crippen LogP contribution in [0.25, 0.3) is 0 Å². The van der Waals surface area contributed by atoms with E-state index in [1.807, 2.05) is 13.8 Å². The average molecular weight is 216 g/mol. The van der Waals surface area contributed by atoms with Gasteiger partial charge in [0.2, 0.25) is 0 Å². The fourth-order valence-electron chi connectivity index (χ4n) is 1.22. The van der Waals surface area contributed by atoms with Gasteiger partial charge in [-0.25, -0.2) is 0 Å². The zero-order valence-electron chi connectivity index (χ0n) is 9.71. The Morgan fingerprint density at radius 1 is 1.27 bits per heavy atom. The second-order valence-electron chi connectivity index (χ2n) is 4.23. The molecule has 15 heavy (non-hydrogen) atoms. The molecule has 0 aromatic rings. The molecule has 0 unspecified atom stereocenters. The van der Waals surface area contributed by atoms with E-state index in [0.29, 0.717) is 0 Å². The van der Waals surface area contributed by atoms with Gasteiger partial charge in [0.05, 0.1) is 12.8 Å². The van der Waals surface area contributed by atoms with Crippen LogP contribution < -0.4 is 0 Å². The summed E-state index contributed by atoms with van der Waals surface area (Å²) in [6.07, 6.45) is 2.64. The van der Waals surface area contributed by atoms with Crippen LogP contribution in [-0.4, -0.2) is 22.6 Å². The minimum Gasteiger partial charge on any atom is -0.481 e. The summed E-state index contributed by atoms with van der Waals surface area (Å²) in [5, 5.41) is 8.39. The van der Waals surface area contributed by atoms with Crippen LogP contribution in [0.15, 0.2) is 0 Å². The first-order chi connectivity index (χ1) is 6.87. The molecule has 0 bridgehead atoms. The molecule has 0 aromatic heterocycles. The Hall–Kier alpha value is -1.06. The summed E-state index contributed by atoms with van der Waals surface area (Å²) in [7, 11) is 0. The van der Waals surface area contributed by atoms with E-state index in [1.54, 1.807) is 0 Å². The fourth-order valence-corrected chi connectivity index (χ4v) is 1.22. The minimum atomic E-state index is -0.974. The number of carbonyl (C=O) groups is 2. The largest absolute Gasteiger partial charge is 0.481 e. The van der Waals surface area contributed by atoms with Gasteiger partial charge >= 0.3 is 11.9 Å². The van der Waals surface area contributed by atoms with E-state index < -0.39 is 17.5 Å². The van der Waals surface area contributed by atoms with Crippen LogP contribution in [0.4, 0.5) is 0 Å². The van der Waals surface area contributed by atoms with Crippen LogP contribution in [0.5, 0.6) is 0 Å². The SMILES string of the molecule is CCCCC(C)(C)OC(=O)CCC(=O)O. The minimum absolute atomic E-state index is 0.0507. The Morgan fingerprint density at radius 3 is 2.33 bits per heavy atom. The number of aliphatic carboxylic acids is 1. The van der Waals surface area contributed by atoms with Gasteiger partial charge < -0.3 is 9.84 Å². The number of hydrogen-bond acceptors (Lipinski definition) is 3. The normalized spacial score (nSPS) is 11.1. The Bertz CT molecular complexity index is 221. The number of carbonyl (C=O) groups excluding carboxylic acids is 1. The van der Waals surface area contributed by atoms with Crippen LogP contribution >= 0.6 is 0 Å². The highest BCUT2D eigenvalue weighted by molar-refractivity contribution is 5.76. The standard InChI is InChI=1S/C11H20O4/c1-4-5-8-11(2,3)15-10(14)7-6-9(12)13/h4-8H2,1-3H3,(H,12,13). The lowest BCUT2D eigenvalue weighted by molar-refractivity contribution is -0.159. The van der Waals surface area contributed by atoms with Crippen LogP contribution in [0.3, 0.4) is 0 Å². The van der Waals surface area contributed by atoms with Crippen molar-refractivity contribution in [3.63, 3.8) is 0 Å². The monoisotopic (exact) mass is 216 g/mol. The molecule has 0 aliphatic carbocycles. The Kier molecular flexibility index (Phi) is 5.97. The van der Waals surface area contributed by atoms with E-state index in [-0.39, 0.29) is 12.8 Å². The summed E-state index contributed by atoms with van der Waals surface area (Å²) in [6.45, 7) is 5.77. The smallest absolute Gasteiger partial charge is 0.306 e. The van der Waals surface area contributed by atoms with Gasteiger partial charge in [-0.05, 0) is 26.7 Å². The number of carboxylic acid groups (broad SMARTS) is 1. The van der Waals surface area contributed by atoms with Gasteiger partial charge in [-0.1, -0.05) is 13.3 Å². The molecule has 0 saturated heterocycles. The number of esters is 1. The van der Waals surface area contributed by atoms with E-state index in [4.69, 9.17) is 9.84 Å². The lowest BCUT2D eigenvalue weighted by Crippen LogP contribution is -2.28. The van der Waals surface area contributed by atoms with Crippen LogP contribution in [0.1, 0.15) is 52.9 Å². The van der Waals surface area contributed by atoms with E-state index in [0.717, 1.165) is 19.3 Å². The quantitative estimate of drug-likeness (QED) is 0.663. The molecule has 4 heteroatoms. The zero-order valence-corrected chi connectivity index (χ0v) is 9.71. The predicted molar refractivity (Wildman–Crippen MR) is 56.6 cm³/mol. The molecular formula is C11H20O4. The van der Waals surface area contributed by atoms with Gasteiger partial charge in [-0.3, -0.25) is 9.59 Å². The molecule has 0 aromatic carbocycles. The molecule has 0 aliphatic heterocycles. The van der Waals surface area contributed by atoms with Crippen molar-refractivity contribution in [2.75, 3.05) is 0 Å². The third kappa shape index (κ3) is 7.97. The first-order valence-electron chi connectivity index (χ1n) is 5.31. The number of carboxylic acids is 1. The molecule has 0 atom stereocenters. The highest BCUT2D eigenvalue weighted by Crippen LogP contribution is 2.18. The third-order valence-electron chi connectivity index (χ3n) is 2.07. The highest BCUT2D eigenvalue weighted by Gasteiger charge is 2.22. The molecular weight excluding hydrogens is 196 g/mol. The lowest BCUT2D eigenvalue weighted by atomic mass is 10.0. The molecule has 0 fully saturated rings. The molecule has 0 heterocycles. The molecule has 0 aliphatic rings. The van der Waals surface area contributed by atoms with Gasteiger partial charge in [0.25, 0.3) is 0 Å². The van der Waals surface area contributed by atoms with Gasteiger partial charge in [-0.2, -0.15) is 0 Å². The van der Waals surface area contributed by atoms with E-state index in [2.05, 4.69) is 6.92 Å². The van der Waals surface area contributed by atoms with Crippen molar-refractivity contribution in [1.29, 1.82) is 0 Å². The first-order valence-corrected chi connectivity index (χ1v) is 5.31. The van der Waals surface area contributed by atoms with Crippen LogP contribution in [-0.2, 0) is 14.3 Å². The molecule has 0 spiro atoms. The third-order valence-corrected chi connectivity index (χ3v) is 2.07. The van der Waals surface area contributed by atoms with Crippen molar-refractivity contribution in [3.05, 3.63) is 0 Å². The average Bonchev–Trinajstić information content (AvgIpc) is 2.11. The molecule has 0 amide bonds. The summed E-state index contributed by atoms with van der Waals surface area (Å²) in [4.78, 5) is 21.5. The van der Waals surface area contributed by atoms with E-state index >= 15 is 0 Å². The summed E-state index contributed by atoms with van der Waals surface area (Å²) < 4.78 is 5.19. The van der Waals surface area contributed by atoms with Crippen molar-refractivity contribution in [2.24, 2.45) is 0 Å². The van der Waals surface area contributed by atoms with Crippen LogP contribution in [0.2, 0.25) is 0 Å². The van der Waals surface area contributed by atoms with Crippen LogP contribution in [0, 0.1) is 0 Å². The van der Waals surface area contributed by atoms with E-state index in [1.165, 1.54) is 0 Å². The fraction of sp³-hybridized carbons (Fsp3) is 0.818. The Morgan fingerprint density at radius 2 is 1.87 bits per heavy atom.